The summed E-state index contributed by atoms with van der Waals surface area (Å²) in [6.45, 7) is 2.50. The Morgan fingerprint density at radius 1 is 1.22 bits per heavy atom. The SMILES string of the molecule is CCCCCS(=O)(=O)NC(=O)C1CC1c1ccc(OCCOC)cc1Oc1ncc(C(F)(F)F)cc1Cl. The second kappa shape index (κ2) is 12.3. The zero-order valence-corrected chi connectivity index (χ0v) is 21.9. The van der Waals surface area contributed by atoms with Crippen LogP contribution in [0.3, 0.4) is 0 Å². The van der Waals surface area contributed by atoms with Crippen LogP contribution in [-0.2, 0) is 25.7 Å². The van der Waals surface area contributed by atoms with Gasteiger partial charge in [0.1, 0.15) is 23.1 Å². The van der Waals surface area contributed by atoms with Crippen molar-refractivity contribution in [2.24, 2.45) is 5.92 Å². The van der Waals surface area contributed by atoms with Gasteiger partial charge in [-0.2, -0.15) is 13.2 Å². The van der Waals surface area contributed by atoms with E-state index >= 15 is 0 Å². The minimum atomic E-state index is -4.62. The number of ether oxygens (including phenoxy) is 3. The van der Waals surface area contributed by atoms with Crippen molar-refractivity contribution in [3.8, 4) is 17.4 Å². The maximum absolute atomic E-state index is 13.0. The van der Waals surface area contributed by atoms with Gasteiger partial charge in [0.2, 0.25) is 21.8 Å². The lowest BCUT2D eigenvalue weighted by atomic mass is 10.1. The number of methoxy groups -OCH3 is 1. The highest BCUT2D eigenvalue weighted by Gasteiger charge is 2.46. The van der Waals surface area contributed by atoms with Crippen molar-refractivity contribution >= 4 is 27.5 Å². The van der Waals surface area contributed by atoms with Gasteiger partial charge in [-0.15, -0.1) is 0 Å². The van der Waals surface area contributed by atoms with Gasteiger partial charge in [-0.3, -0.25) is 9.52 Å². The summed E-state index contributed by atoms with van der Waals surface area (Å²) < 4.78 is 81.8. The molecule has 1 amide bonds. The third-order valence-electron chi connectivity index (χ3n) is 5.68. The predicted octanol–water partition coefficient (Wildman–Crippen LogP) is 5.31. The number of alkyl halides is 3. The first-order valence-corrected chi connectivity index (χ1v) is 13.7. The van der Waals surface area contributed by atoms with Gasteiger partial charge >= 0.3 is 6.18 Å². The quantitative estimate of drug-likeness (QED) is 0.329. The van der Waals surface area contributed by atoms with E-state index in [-0.39, 0.29) is 34.9 Å². The maximum Gasteiger partial charge on any atom is 0.417 e. The summed E-state index contributed by atoms with van der Waals surface area (Å²) in [4.78, 5) is 16.3. The first kappa shape index (κ1) is 29.0. The van der Waals surface area contributed by atoms with E-state index in [9.17, 15) is 26.4 Å². The fourth-order valence-corrected chi connectivity index (χ4v) is 5.00. The molecule has 1 fully saturated rings. The lowest BCUT2D eigenvalue weighted by Crippen LogP contribution is -2.33. The molecule has 1 aromatic carbocycles. The summed E-state index contributed by atoms with van der Waals surface area (Å²) in [5.74, 6) is -1.43. The molecule has 2 aromatic rings. The molecular formula is C24H28ClF3N2O6S. The molecule has 0 radical (unpaired) electrons. The Morgan fingerprint density at radius 2 is 1.97 bits per heavy atom. The van der Waals surface area contributed by atoms with Crippen LogP contribution >= 0.6 is 11.6 Å². The van der Waals surface area contributed by atoms with Crippen LogP contribution in [0.25, 0.3) is 0 Å². The Balaban J connectivity index is 1.81. The maximum atomic E-state index is 13.0. The number of amides is 1. The summed E-state index contributed by atoms with van der Waals surface area (Å²) in [7, 11) is -2.23. The fourth-order valence-electron chi connectivity index (χ4n) is 3.65. The number of hydrogen-bond acceptors (Lipinski definition) is 7. The number of nitrogens with one attached hydrogen (secondary N) is 1. The van der Waals surface area contributed by atoms with E-state index in [0.29, 0.717) is 43.0 Å². The van der Waals surface area contributed by atoms with Gasteiger partial charge < -0.3 is 14.2 Å². The topological polar surface area (TPSA) is 104 Å². The lowest BCUT2D eigenvalue weighted by molar-refractivity contribution is -0.137. The molecule has 0 bridgehead atoms. The molecule has 1 aliphatic carbocycles. The van der Waals surface area contributed by atoms with Gasteiger partial charge in [-0.25, -0.2) is 13.4 Å². The van der Waals surface area contributed by atoms with Gasteiger partial charge in [0.25, 0.3) is 0 Å². The van der Waals surface area contributed by atoms with E-state index in [4.69, 9.17) is 25.8 Å². The number of benzene rings is 1. The highest BCUT2D eigenvalue weighted by atomic mass is 35.5. The zero-order chi connectivity index (χ0) is 27.2. The second-order valence-corrected chi connectivity index (χ2v) is 10.8. The minimum absolute atomic E-state index is 0.135. The van der Waals surface area contributed by atoms with Crippen molar-refractivity contribution in [3.05, 3.63) is 46.6 Å². The van der Waals surface area contributed by atoms with Crippen LogP contribution in [0, 0.1) is 5.92 Å². The van der Waals surface area contributed by atoms with E-state index < -0.39 is 33.6 Å². The number of pyridine rings is 1. The van der Waals surface area contributed by atoms with E-state index in [2.05, 4.69) is 9.71 Å². The lowest BCUT2D eigenvalue weighted by Gasteiger charge is -2.15. The van der Waals surface area contributed by atoms with Crippen LogP contribution in [-0.4, -0.2) is 45.4 Å². The van der Waals surface area contributed by atoms with Crippen molar-refractivity contribution < 1.29 is 40.6 Å². The molecular weight excluding hydrogens is 537 g/mol. The predicted molar refractivity (Wildman–Crippen MR) is 130 cm³/mol. The molecule has 1 N–H and O–H groups in total. The first-order chi connectivity index (χ1) is 17.4. The van der Waals surface area contributed by atoms with Gasteiger partial charge in [0.05, 0.1) is 17.9 Å². The number of halogens is 4. The van der Waals surface area contributed by atoms with Crippen LogP contribution in [0.15, 0.2) is 30.5 Å². The summed E-state index contributed by atoms with van der Waals surface area (Å²) in [6, 6.07) is 5.52. The Morgan fingerprint density at radius 3 is 2.62 bits per heavy atom. The number of carbonyl (C=O) groups excluding carboxylic acids is 1. The van der Waals surface area contributed by atoms with E-state index in [1.165, 1.54) is 13.2 Å². The Hall–Kier alpha value is -2.57. The first-order valence-electron chi connectivity index (χ1n) is 11.7. The fraction of sp³-hybridized carbons (Fsp3) is 0.500. The molecule has 1 saturated carbocycles. The van der Waals surface area contributed by atoms with Gasteiger partial charge in [-0.1, -0.05) is 37.4 Å². The number of sulfonamides is 1. The van der Waals surface area contributed by atoms with Crippen LogP contribution in [0.1, 0.15) is 49.7 Å². The number of hydrogen-bond donors (Lipinski definition) is 1. The van der Waals surface area contributed by atoms with Crippen molar-refractivity contribution in [1.82, 2.24) is 9.71 Å². The third-order valence-corrected chi connectivity index (χ3v) is 7.29. The van der Waals surface area contributed by atoms with Gasteiger partial charge in [0, 0.05) is 25.3 Å². The molecule has 37 heavy (non-hydrogen) atoms. The van der Waals surface area contributed by atoms with Gasteiger partial charge in [0.15, 0.2) is 0 Å². The molecule has 8 nitrogen and oxygen atoms in total. The summed E-state index contributed by atoms with van der Waals surface area (Å²) >= 11 is 6.01. The Kier molecular flexibility index (Phi) is 9.65. The Labute approximate surface area is 218 Å². The van der Waals surface area contributed by atoms with Crippen LogP contribution in [0.5, 0.6) is 17.4 Å². The van der Waals surface area contributed by atoms with Crippen LogP contribution < -0.4 is 14.2 Å². The number of aromatic nitrogens is 1. The molecule has 1 aromatic heterocycles. The standard InChI is InChI=1S/C24H28ClF3N2O6S/c1-3-4-5-10-37(32,33)30-22(31)19-13-18(19)17-7-6-16(35-9-8-34-2)12-21(17)36-23-20(25)11-15(14-29-23)24(26,27)28/h6-7,11-12,14,18-19H,3-5,8-10,13H2,1-2H3,(H,30,31). The molecule has 3 rings (SSSR count). The summed E-state index contributed by atoms with van der Waals surface area (Å²) in [5, 5.41) is -0.352. The minimum Gasteiger partial charge on any atom is -0.491 e. The second-order valence-electron chi connectivity index (χ2n) is 8.59. The van der Waals surface area contributed by atoms with E-state index in [1.807, 2.05) is 6.92 Å². The molecule has 13 heteroatoms. The molecule has 1 heterocycles. The zero-order valence-electron chi connectivity index (χ0n) is 20.3. The average molecular weight is 565 g/mol. The molecule has 0 aliphatic heterocycles. The van der Waals surface area contributed by atoms with Crippen molar-refractivity contribution in [3.63, 3.8) is 0 Å². The summed E-state index contributed by atoms with van der Waals surface area (Å²) in [6.07, 6.45) is -1.61. The van der Waals surface area contributed by atoms with E-state index in [1.54, 1.807) is 12.1 Å². The van der Waals surface area contributed by atoms with Gasteiger partial charge in [-0.05, 0) is 36.5 Å². The largest absolute Gasteiger partial charge is 0.491 e. The van der Waals surface area contributed by atoms with Crippen molar-refractivity contribution in [1.29, 1.82) is 0 Å². The Bertz CT molecular complexity index is 1210. The molecule has 204 valence electrons. The number of unbranched alkanes of at least 4 members (excludes halogenated alkanes) is 2. The average Bonchev–Trinajstić information content (AvgIpc) is 3.61. The molecule has 2 atom stereocenters. The van der Waals surface area contributed by atoms with Crippen LogP contribution in [0.2, 0.25) is 5.02 Å². The molecule has 2 unspecified atom stereocenters. The number of carbonyl (C=O) groups is 1. The molecule has 0 spiro atoms. The normalized spacial score (nSPS) is 17.4. The number of nitrogens with zero attached hydrogens (tertiary/aromatic N) is 1. The summed E-state index contributed by atoms with van der Waals surface area (Å²) in [5.41, 5.74) is -0.485. The number of rotatable bonds is 13. The highest BCUT2D eigenvalue weighted by Crippen LogP contribution is 2.52. The third kappa shape index (κ3) is 8.21. The molecule has 1 aliphatic rings. The highest BCUT2D eigenvalue weighted by molar-refractivity contribution is 7.90. The van der Waals surface area contributed by atoms with E-state index in [0.717, 1.165) is 12.8 Å². The smallest absolute Gasteiger partial charge is 0.417 e. The van der Waals surface area contributed by atoms with Crippen molar-refractivity contribution in [2.45, 2.75) is 44.7 Å². The van der Waals surface area contributed by atoms with Crippen molar-refractivity contribution in [2.75, 3.05) is 26.1 Å². The molecule has 0 saturated heterocycles. The van der Waals surface area contributed by atoms with Crippen LogP contribution in [0.4, 0.5) is 13.2 Å². The monoisotopic (exact) mass is 564 g/mol.